The molecule has 0 spiro atoms. The van der Waals surface area contributed by atoms with Crippen molar-refractivity contribution in [3.8, 4) is 0 Å². The molecule has 0 aliphatic carbocycles. The summed E-state index contributed by atoms with van der Waals surface area (Å²) in [6.45, 7) is 3.61. The fraction of sp³-hybridized carbons (Fsp3) is 0.182. The van der Waals surface area contributed by atoms with E-state index in [1.165, 1.54) is 4.89 Å². The van der Waals surface area contributed by atoms with Crippen LogP contribution in [0.15, 0.2) is 34.2 Å². The van der Waals surface area contributed by atoms with Gasteiger partial charge in [-0.2, -0.15) is 0 Å². The van der Waals surface area contributed by atoms with Crippen LogP contribution in [0.2, 0.25) is 0 Å². The molecule has 2 rings (SSSR count). The lowest BCUT2D eigenvalue weighted by Crippen LogP contribution is -2.27. The molecular formula is C11H14N2O3S2. The molecule has 0 bridgehead atoms. The highest BCUT2D eigenvalue weighted by Gasteiger charge is 2.32. The summed E-state index contributed by atoms with van der Waals surface area (Å²) in [5.41, 5.74) is 0.637. The van der Waals surface area contributed by atoms with Crippen LogP contribution in [0, 0.1) is 0 Å². The van der Waals surface area contributed by atoms with Gasteiger partial charge in [-0.1, -0.05) is 27.8 Å². The molecule has 2 N–H and O–H groups in total. The van der Waals surface area contributed by atoms with Crippen molar-refractivity contribution in [2.75, 3.05) is 0 Å². The number of hydrogen-bond acceptors (Lipinski definition) is 4. The Kier molecular flexibility index (Phi) is 3.33. The molecule has 0 fully saturated rings. The van der Waals surface area contributed by atoms with Gasteiger partial charge in [-0.3, -0.25) is 0 Å². The first-order valence-corrected chi connectivity index (χ1v) is 8.52. The summed E-state index contributed by atoms with van der Waals surface area (Å²) in [4.78, 5) is 6.41. The van der Waals surface area contributed by atoms with Crippen molar-refractivity contribution in [2.45, 2.75) is 18.7 Å². The molecule has 1 aromatic carbocycles. The third-order valence-corrected chi connectivity index (χ3v) is 8.33. The number of aliphatic imine (C=N–C) groups is 1. The zero-order valence-electron chi connectivity index (χ0n) is 9.99. The SMILES string of the molecule is CC=S1(=CC)C(S(=O)(=O)NO)=Nc2ccccc21. The van der Waals surface area contributed by atoms with Crippen LogP contribution in [-0.2, 0) is 10.0 Å². The number of hydrogen-bond donors (Lipinski definition) is 2. The normalized spacial score (nSPS) is 16.9. The van der Waals surface area contributed by atoms with Crippen molar-refractivity contribution in [1.82, 2.24) is 4.89 Å². The summed E-state index contributed by atoms with van der Waals surface area (Å²) in [5.74, 6) is 0. The Balaban J connectivity index is 2.90. The lowest BCUT2D eigenvalue weighted by atomic mass is 10.3. The molecule has 5 nitrogen and oxygen atoms in total. The average molecular weight is 286 g/mol. The van der Waals surface area contributed by atoms with Gasteiger partial charge in [-0.15, -0.1) is 9.21 Å². The molecule has 0 unspecified atom stereocenters. The minimum atomic E-state index is -3.97. The molecule has 18 heavy (non-hydrogen) atoms. The second-order valence-corrected chi connectivity index (χ2v) is 8.64. The van der Waals surface area contributed by atoms with E-state index in [4.69, 9.17) is 5.21 Å². The van der Waals surface area contributed by atoms with Crippen LogP contribution in [0.1, 0.15) is 13.8 Å². The van der Waals surface area contributed by atoms with Gasteiger partial charge in [-0.25, -0.2) is 13.4 Å². The fourth-order valence-corrected chi connectivity index (χ4v) is 7.07. The zero-order chi connectivity index (χ0) is 13.4. The minimum absolute atomic E-state index is 0.0244. The Morgan fingerprint density at radius 3 is 2.44 bits per heavy atom. The lowest BCUT2D eigenvalue weighted by Gasteiger charge is -2.14. The Morgan fingerprint density at radius 1 is 1.28 bits per heavy atom. The molecule has 1 heterocycles. The van der Waals surface area contributed by atoms with E-state index in [9.17, 15) is 8.42 Å². The van der Waals surface area contributed by atoms with Gasteiger partial charge in [0.1, 0.15) is 0 Å². The highest BCUT2D eigenvalue weighted by atomic mass is 32.3. The Labute approximate surface area is 107 Å². The van der Waals surface area contributed by atoms with E-state index in [1.807, 2.05) is 22.9 Å². The van der Waals surface area contributed by atoms with E-state index in [0.717, 1.165) is 4.90 Å². The van der Waals surface area contributed by atoms with Gasteiger partial charge in [0.2, 0.25) is 0 Å². The van der Waals surface area contributed by atoms with Crippen molar-refractivity contribution in [3.63, 3.8) is 0 Å². The van der Waals surface area contributed by atoms with E-state index in [1.54, 1.807) is 26.0 Å². The van der Waals surface area contributed by atoms with Crippen molar-refractivity contribution < 1.29 is 13.6 Å². The largest absolute Gasteiger partial charge is 0.302 e. The Bertz CT molecular complexity index is 725. The Morgan fingerprint density at radius 2 is 1.89 bits per heavy atom. The van der Waals surface area contributed by atoms with Gasteiger partial charge >= 0.3 is 0 Å². The quantitative estimate of drug-likeness (QED) is 0.469. The van der Waals surface area contributed by atoms with Gasteiger partial charge in [0, 0.05) is 4.90 Å². The predicted molar refractivity (Wildman–Crippen MR) is 76.7 cm³/mol. The van der Waals surface area contributed by atoms with Crippen molar-refractivity contribution >= 4 is 40.0 Å². The van der Waals surface area contributed by atoms with Gasteiger partial charge in [0.15, 0.2) is 4.38 Å². The van der Waals surface area contributed by atoms with Crippen molar-refractivity contribution in [3.05, 3.63) is 24.3 Å². The van der Waals surface area contributed by atoms with Crippen LogP contribution in [0.5, 0.6) is 0 Å². The minimum Gasteiger partial charge on any atom is -0.302 e. The first-order valence-electron chi connectivity index (χ1n) is 5.27. The highest BCUT2D eigenvalue weighted by molar-refractivity contribution is 8.52. The van der Waals surface area contributed by atoms with E-state index in [-0.39, 0.29) is 4.38 Å². The number of nitrogens with one attached hydrogen (secondary N) is 1. The molecule has 0 saturated heterocycles. The predicted octanol–water partition coefficient (Wildman–Crippen LogP) is 1.80. The van der Waals surface area contributed by atoms with Crippen LogP contribution >= 0.6 is 9.21 Å². The van der Waals surface area contributed by atoms with E-state index >= 15 is 0 Å². The third-order valence-electron chi connectivity index (χ3n) is 2.82. The van der Waals surface area contributed by atoms with Crippen molar-refractivity contribution in [2.24, 2.45) is 4.99 Å². The molecule has 0 radical (unpaired) electrons. The van der Waals surface area contributed by atoms with E-state index in [2.05, 4.69) is 4.99 Å². The molecule has 0 saturated carbocycles. The maximum Gasteiger partial charge on any atom is 0.285 e. The number of benzene rings is 1. The number of para-hydroxylation sites is 1. The third kappa shape index (κ3) is 1.71. The molecule has 0 atom stereocenters. The molecule has 0 amide bonds. The van der Waals surface area contributed by atoms with Gasteiger partial charge in [-0.05, 0) is 26.0 Å². The summed E-state index contributed by atoms with van der Waals surface area (Å²) in [7, 11) is -5.88. The highest BCUT2D eigenvalue weighted by Crippen LogP contribution is 2.49. The lowest BCUT2D eigenvalue weighted by molar-refractivity contribution is 0.245. The van der Waals surface area contributed by atoms with E-state index < -0.39 is 19.2 Å². The monoisotopic (exact) mass is 286 g/mol. The summed E-state index contributed by atoms with van der Waals surface area (Å²) in [6.07, 6.45) is 0. The second-order valence-electron chi connectivity index (χ2n) is 3.62. The van der Waals surface area contributed by atoms with Gasteiger partial charge in [0.25, 0.3) is 10.0 Å². The number of rotatable bonds is 1. The summed E-state index contributed by atoms with van der Waals surface area (Å²) in [5, 5.41) is 12.5. The zero-order valence-corrected chi connectivity index (χ0v) is 11.6. The summed E-state index contributed by atoms with van der Waals surface area (Å²) >= 11 is 0. The first kappa shape index (κ1) is 13.3. The van der Waals surface area contributed by atoms with Crippen LogP contribution in [0.3, 0.4) is 0 Å². The topological polar surface area (TPSA) is 78.8 Å². The van der Waals surface area contributed by atoms with E-state index in [0.29, 0.717) is 5.69 Å². The second kappa shape index (κ2) is 4.51. The molecule has 0 aromatic heterocycles. The Hall–Kier alpha value is -1.15. The molecule has 7 heteroatoms. The van der Waals surface area contributed by atoms with Gasteiger partial charge < -0.3 is 5.21 Å². The first-order chi connectivity index (χ1) is 8.51. The average Bonchev–Trinajstić information content (AvgIpc) is 2.74. The number of fused-ring (bicyclic) bond motifs is 1. The molecule has 1 aliphatic rings. The van der Waals surface area contributed by atoms with Crippen LogP contribution in [0.25, 0.3) is 0 Å². The van der Waals surface area contributed by atoms with Crippen molar-refractivity contribution in [1.29, 1.82) is 0 Å². The standard InChI is InChI=1S/C11H14N2O3S2/c1-3-17(4-2)10-8-6-5-7-9(10)12-11(17)18(15,16)13-14/h3-8,13-14H,1-2H3. The van der Waals surface area contributed by atoms with Gasteiger partial charge in [0.05, 0.1) is 5.69 Å². The summed E-state index contributed by atoms with van der Waals surface area (Å²) in [6, 6.07) is 7.29. The van der Waals surface area contributed by atoms with Crippen LogP contribution in [0.4, 0.5) is 5.69 Å². The van der Waals surface area contributed by atoms with Crippen LogP contribution < -0.4 is 4.89 Å². The molecule has 98 valence electrons. The smallest absolute Gasteiger partial charge is 0.285 e. The number of nitrogens with zero attached hydrogens (tertiary/aromatic N) is 1. The fourth-order valence-electron chi connectivity index (χ4n) is 1.98. The molecule has 1 aliphatic heterocycles. The maximum absolute atomic E-state index is 11.9. The maximum atomic E-state index is 11.9. The van der Waals surface area contributed by atoms with Crippen LogP contribution in [-0.4, -0.2) is 28.7 Å². The molecular weight excluding hydrogens is 272 g/mol. The number of sulfonamides is 1. The molecule has 1 aromatic rings. The summed E-state index contributed by atoms with van der Waals surface area (Å²) < 4.78 is 23.8.